The van der Waals surface area contributed by atoms with Gasteiger partial charge in [0.2, 0.25) is 0 Å². The van der Waals surface area contributed by atoms with Crippen molar-refractivity contribution in [3.63, 3.8) is 0 Å². The predicted molar refractivity (Wildman–Crippen MR) is 110 cm³/mol. The van der Waals surface area contributed by atoms with Crippen molar-refractivity contribution < 1.29 is 9.53 Å². The molecule has 138 valence electrons. The second-order valence-corrected chi connectivity index (χ2v) is 6.71. The van der Waals surface area contributed by atoms with Gasteiger partial charge in [-0.1, -0.05) is 71.8 Å². The number of rotatable bonds is 6. The molecule has 0 bridgehead atoms. The van der Waals surface area contributed by atoms with E-state index in [4.69, 9.17) is 16.3 Å². The maximum absolute atomic E-state index is 12.9. The van der Waals surface area contributed by atoms with Crippen molar-refractivity contribution in [1.29, 1.82) is 0 Å². The number of hydrogen-bond acceptors (Lipinski definition) is 2. The lowest BCUT2D eigenvalue weighted by molar-refractivity contribution is 0.0943. The number of hydrogen-bond donors (Lipinski definition) is 1. The van der Waals surface area contributed by atoms with Gasteiger partial charge in [-0.15, -0.1) is 0 Å². The Labute approximate surface area is 164 Å². The third-order valence-corrected chi connectivity index (χ3v) is 4.61. The van der Waals surface area contributed by atoms with Crippen molar-refractivity contribution in [3.05, 3.63) is 100 Å². The van der Waals surface area contributed by atoms with E-state index in [1.165, 1.54) is 5.56 Å². The lowest BCUT2D eigenvalue weighted by Crippen LogP contribution is -2.29. The molecule has 0 saturated carbocycles. The van der Waals surface area contributed by atoms with Gasteiger partial charge in [0.15, 0.2) is 0 Å². The average Bonchev–Trinajstić information content (AvgIpc) is 2.69. The first-order valence-corrected chi connectivity index (χ1v) is 9.31. The maximum atomic E-state index is 12.9. The molecule has 1 amide bonds. The number of ether oxygens (including phenoxy) is 1. The number of aryl methyl sites for hydroxylation is 1. The van der Waals surface area contributed by atoms with Crippen molar-refractivity contribution >= 4 is 17.5 Å². The van der Waals surface area contributed by atoms with Crippen LogP contribution in [-0.4, -0.2) is 12.5 Å². The van der Waals surface area contributed by atoms with Crippen LogP contribution in [0, 0.1) is 6.92 Å². The molecule has 0 saturated heterocycles. The van der Waals surface area contributed by atoms with Crippen LogP contribution in [0.5, 0.6) is 5.75 Å². The van der Waals surface area contributed by atoms with Crippen LogP contribution in [0.25, 0.3) is 0 Å². The van der Waals surface area contributed by atoms with Gasteiger partial charge >= 0.3 is 0 Å². The van der Waals surface area contributed by atoms with Crippen molar-refractivity contribution in [2.75, 3.05) is 6.61 Å². The zero-order valence-electron chi connectivity index (χ0n) is 15.4. The number of amides is 1. The minimum absolute atomic E-state index is 0.186. The number of carbonyl (C=O) groups excluding carboxylic acids is 1. The van der Waals surface area contributed by atoms with E-state index in [0.29, 0.717) is 22.9 Å². The average molecular weight is 380 g/mol. The molecule has 1 atom stereocenters. The van der Waals surface area contributed by atoms with Crippen LogP contribution in [0.1, 0.15) is 40.0 Å². The molecule has 0 heterocycles. The highest BCUT2D eigenvalue weighted by Gasteiger charge is 2.18. The number of benzene rings is 3. The normalized spacial score (nSPS) is 11.7. The zero-order chi connectivity index (χ0) is 19.2. The monoisotopic (exact) mass is 379 g/mol. The molecule has 0 fully saturated rings. The first-order valence-electron chi connectivity index (χ1n) is 8.93. The Morgan fingerprint density at radius 1 is 1.00 bits per heavy atom. The minimum Gasteiger partial charge on any atom is -0.492 e. The Balaban J connectivity index is 1.89. The van der Waals surface area contributed by atoms with E-state index in [0.717, 1.165) is 11.1 Å². The number of nitrogens with one attached hydrogen (secondary N) is 1. The van der Waals surface area contributed by atoms with E-state index in [1.807, 2.05) is 68.4 Å². The second-order valence-electron chi connectivity index (χ2n) is 6.31. The summed E-state index contributed by atoms with van der Waals surface area (Å²) in [6.07, 6.45) is 0. The summed E-state index contributed by atoms with van der Waals surface area (Å²) in [5.41, 5.74) is 3.72. The van der Waals surface area contributed by atoms with E-state index in [-0.39, 0.29) is 11.9 Å². The molecule has 0 aromatic heterocycles. The minimum atomic E-state index is -0.246. The molecule has 0 aliphatic rings. The quantitative estimate of drug-likeness (QED) is 0.608. The molecule has 3 nitrogen and oxygen atoms in total. The SMILES string of the molecule is CCOc1ccc(C(=O)N[C@H](c2ccccc2)c2ccc(C)cc2)cc1Cl. The predicted octanol–water partition coefficient (Wildman–Crippen LogP) is 5.57. The fourth-order valence-corrected chi connectivity index (χ4v) is 3.13. The van der Waals surface area contributed by atoms with E-state index < -0.39 is 0 Å². The van der Waals surface area contributed by atoms with E-state index >= 15 is 0 Å². The molecule has 4 heteroatoms. The van der Waals surface area contributed by atoms with Crippen molar-refractivity contribution in [3.8, 4) is 5.75 Å². The lowest BCUT2D eigenvalue weighted by Gasteiger charge is -2.20. The van der Waals surface area contributed by atoms with Crippen molar-refractivity contribution in [2.45, 2.75) is 19.9 Å². The third-order valence-electron chi connectivity index (χ3n) is 4.31. The summed E-state index contributed by atoms with van der Waals surface area (Å²) in [5, 5.41) is 3.55. The van der Waals surface area contributed by atoms with Crippen LogP contribution >= 0.6 is 11.6 Å². The molecule has 3 rings (SSSR count). The summed E-state index contributed by atoms with van der Waals surface area (Å²) in [5.74, 6) is 0.392. The van der Waals surface area contributed by atoms with Crippen LogP contribution in [0.15, 0.2) is 72.8 Å². The van der Waals surface area contributed by atoms with Gasteiger partial charge < -0.3 is 10.1 Å². The first kappa shape index (κ1) is 19.0. The lowest BCUT2D eigenvalue weighted by atomic mass is 9.97. The summed E-state index contributed by atoms with van der Waals surface area (Å²) in [6, 6.07) is 22.9. The van der Waals surface area contributed by atoms with Crippen LogP contribution < -0.4 is 10.1 Å². The topological polar surface area (TPSA) is 38.3 Å². The molecule has 0 aliphatic heterocycles. The van der Waals surface area contributed by atoms with Gasteiger partial charge in [0, 0.05) is 5.56 Å². The zero-order valence-corrected chi connectivity index (χ0v) is 16.2. The summed E-state index contributed by atoms with van der Waals surface area (Å²) >= 11 is 6.24. The van der Waals surface area contributed by atoms with E-state index in [1.54, 1.807) is 18.2 Å². The Morgan fingerprint density at radius 2 is 1.67 bits per heavy atom. The summed E-state index contributed by atoms with van der Waals surface area (Å²) in [4.78, 5) is 12.9. The smallest absolute Gasteiger partial charge is 0.252 e. The molecule has 0 spiro atoms. The molecule has 0 unspecified atom stereocenters. The Morgan fingerprint density at radius 3 is 2.30 bits per heavy atom. The molecule has 1 N–H and O–H groups in total. The molecular weight excluding hydrogens is 358 g/mol. The van der Waals surface area contributed by atoms with Crippen molar-refractivity contribution in [2.24, 2.45) is 0 Å². The summed E-state index contributed by atoms with van der Waals surface area (Å²) in [6.45, 7) is 4.46. The molecule has 3 aromatic carbocycles. The van der Waals surface area contributed by atoms with Crippen LogP contribution in [0.4, 0.5) is 0 Å². The number of halogens is 1. The highest BCUT2D eigenvalue weighted by molar-refractivity contribution is 6.32. The molecule has 27 heavy (non-hydrogen) atoms. The Kier molecular flexibility index (Phi) is 6.15. The Bertz CT molecular complexity index is 907. The van der Waals surface area contributed by atoms with Gasteiger partial charge in [0.25, 0.3) is 5.91 Å². The van der Waals surface area contributed by atoms with Gasteiger partial charge in [-0.25, -0.2) is 0 Å². The van der Waals surface area contributed by atoms with E-state index in [9.17, 15) is 4.79 Å². The third kappa shape index (κ3) is 4.69. The highest BCUT2D eigenvalue weighted by Crippen LogP contribution is 2.27. The second kappa shape index (κ2) is 8.74. The largest absolute Gasteiger partial charge is 0.492 e. The molecule has 3 aromatic rings. The van der Waals surface area contributed by atoms with Gasteiger partial charge in [-0.3, -0.25) is 4.79 Å². The first-order chi connectivity index (χ1) is 13.1. The van der Waals surface area contributed by atoms with Gasteiger partial charge in [-0.05, 0) is 43.2 Å². The standard InChI is InChI=1S/C23H22ClNO2/c1-3-27-21-14-13-19(15-20(21)24)23(26)25-22(17-7-5-4-6-8-17)18-11-9-16(2)10-12-18/h4-15,22H,3H2,1-2H3,(H,25,26)/t22-/m1/s1. The summed E-state index contributed by atoms with van der Waals surface area (Å²) in [7, 11) is 0. The molecule has 0 aliphatic carbocycles. The fraction of sp³-hybridized carbons (Fsp3) is 0.174. The highest BCUT2D eigenvalue weighted by atomic mass is 35.5. The van der Waals surface area contributed by atoms with Gasteiger partial charge in [0.1, 0.15) is 5.75 Å². The van der Waals surface area contributed by atoms with Crippen LogP contribution in [0.3, 0.4) is 0 Å². The van der Waals surface area contributed by atoms with E-state index in [2.05, 4.69) is 5.32 Å². The Hall–Kier alpha value is -2.78. The fourth-order valence-electron chi connectivity index (χ4n) is 2.89. The van der Waals surface area contributed by atoms with Crippen molar-refractivity contribution in [1.82, 2.24) is 5.32 Å². The number of carbonyl (C=O) groups is 1. The summed E-state index contributed by atoms with van der Waals surface area (Å²) < 4.78 is 5.44. The van der Waals surface area contributed by atoms with Crippen LogP contribution in [-0.2, 0) is 0 Å². The van der Waals surface area contributed by atoms with Gasteiger partial charge in [-0.2, -0.15) is 0 Å². The van der Waals surface area contributed by atoms with Gasteiger partial charge in [0.05, 0.1) is 17.7 Å². The maximum Gasteiger partial charge on any atom is 0.252 e. The molecular formula is C23H22ClNO2. The van der Waals surface area contributed by atoms with Crippen LogP contribution in [0.2, 0.25) is 5.02 Å². The molecule has 0 radical (unpaired) electrons.